The van der Waals surface area contributed by atoms with Crippen molar-refractivity contribution in [3.63, 3.8) is 0 Å². The molecule has 0 aromatic heterocycles. The van der Waals surface area contributed by atoms with Gasteiger partial charge in [0.05, 0.1) is 12.7 Å². The zero-order valence-electron chi connectivity index (χ0n) is 12.3. The standard InChI is InChI=1S/C17H25NO2/c1-12(18-11-13-2-5-16(19)6-3-13)14-4-7-17-15(10-14)8-9-20-17/h4,7,10,12-13,16,18-19H,2-3,5-6,8-9,11H2,1H3. The van der Waals surface area contributed by atoms with Crippen molar-refractivity contribution in [2.24, 2.45) is 5.92 Å². The molecule has 1 aliphatic heterocycles. The summed E-state index contributed by atoms with van der Waals surface area (Å²) in [5, 5.41) is 13.2. The molecule has 110 valence electrons. The zero-order valence-corrected chi connectivity index (χ0v) is 12.3. The van der Waals surface area contributed by atoms with Crippen LogP contribution in [0.4, 0.5) is 0 Å². The van der Waals surface area contributed by atoms with E-state index in [0.717, 1.165) is 56.9 Å². The van der Waals surface area contributed by atoms with Crippen LogP contribution in [-0.2, 0) is 6.42 Å². The minimum Gasteiger partial charge on any atom is -0.493 e. The van der Waals surface area contributed by atoms with Crippen molar-refractivity contribution >= 4 is 0 Å². The molecule has 3 heteroatoms. The Kier molecular flexibility index (Phi) is 4.27. The fourth-order valence-electron chi connectivity index (χ4n) is 3.29. The van der Waals surface area contributed by atoms with E-state index >= 15 is 0 Å². The van der Waals surface area contributed by atoms with Crippen LogP contribution in [0.5, 0.6) is 5.75 Å². The fraction of sp³-hybridized carbons (Fsp3) is 0.647. The van der Waals surface area contributed by atoms with Crippen LogP contribution in [0.25, 0.3) is 0 Å². The summed E-state index contributed by atoms with van der Waals surface area (Å²) in [5.41, 5.74) is 2.70. The number of hydrogen-bond acceptors (Lipinski definition) is 3. The van der Waals surface area contributed by atoms with Crippen LogP contribution in [0, 0.1) is 5.92 Å². The lowest BCUT2D eigenvalue weighted by atomic mass is 9.87. The predicted molar refractivity (Wildman–Crippen MR) is 80.0 cm³/mol. The largest absolute Gasteiger partial charge is 0.493 e. The molecule has 1 unspecified atom stereocenters. The highest BCUT2D eigenvalue weighted by Crippen LogP contribution is 2.29. The summed E-state index contributed by atoms with van der Waals surface area (Å²) in [6.07, 6.45) is 5.22. The summed E-state index contributed by atoms with van der Waals surface area (Å²) < 4.78 is 5.55. The minimum atomic E-state index is -0.0552. The lowest BCUT2D eigenvalue weighted by Gasteiger charge is -2.27. The second-order valence-electron chi connectivity index (χ2n) is 6.27. The number of ether oxygens (including phenoxy) is 1. The summed E-state index contributed by atoms with van der Waals surface area (Å²) in [6.45, 7) is 4.11. The summed E-state index contributed by atoms with van der Waals surface area (Å²) >= 11 is 0. The van der Waals surface area contributed by atoms with E-state index in [1.807, 2.05) is 0 Å². The van der Waals surface area contributed by atoms with Crippen molar-refractivity contribution < 1.29 is 9.84 Å². The molecular formula is C17H25NO2. The Labute approximate surface area is 121 Å². The van der Waals surface area contributed by atoms with Crippen LogP contribution in [0.1, 0.15) is 49.8 Å². The van der Waals surface area contributed by atoms with E-state index < -0.39 is 0 Å². The minimum absolute atomic E-state index is 0.0552. The van der Waals surface area contributed by atoms with Crippen LogP contribution < -0.4 is 10.1 Å². The van der Waals surface area contributed by atoms with E-state index in [1.165, 1.54) is 11.1 Å². The van der Waals surface area contributed by atoms with Crippen molar-refractivity contribution in [1.82, 2.24) is 5.32 Å². The molecule has 1 fully saturated rings. The summed E-state index contributed by atoms with van der Waals surface area (Å²) in [7, 11) is 0. The van der Waals surface area contributed by atoms with E-state index in [4.69, 9.17) is 4.74 Å². The van der Waals surface area contributed by atoms with Gasteiger partial charge in [0.15, 0.2) is 0 Å². The molecular weight excluding hydrogens is 250 g/mol. The smallest absolute Gasteiger partial charge is 0.122 e. The molecule has 20 heavy (non-hydrogen) atoms. The molecule has 0 radical (unpaired) electrons. The van der Waals surface area contributed by atoms with Crippen LogP contribution >= 0.6 is 0 Å². The van der Waals surface area contributed by atoms with Gasteiger partial charge >= 0.3 is 0 Å². The van der Waals surface area contributed by atoms with Crippen molar-refractivity contribution in [1.29, 1.82) is 0 Å². The van der Waals surface area contributed by atoms with Gasteiger partial charge in [0, 0.05) is 12.5 Å². The normalized spacial score (nSPS) is 26.9. The second-order valence-corrected chi connectivity index (χ2v) is 6.27. The van der Waals surface area contributed by atoms with Crippen LogP contribution in [0.15, 0.2) is 18.2 Å². The van der Waals surface area contributed by atoms with E-state index in [0.29, 0.717) is 6.04 Å². The number of aliphatic hydroxyl groups excluding tert-OH is 1. The van der Waals surface area contributed by atoms with Crippen LogP contribution in [0.2, 0.25) is 0 Å². The Hall–Kier alpha value is -1.06. The average Bonchev–Trinajstić information content (AvgIpc) is 2.93. The maximum absolute atomic E-state index is 9.54. The first-order valence-corrected chi connectivity index (χ1v) is 7.89. The van der Waals surface area contributed by atoms with Gasteiger partial charge in [0.25, 0.3) is 0 Å². The van der Waals surface area contributed by atoms with E-state index in [9.17, 15) is 5.11 Å². The SMILES string of the molecule is CC(NCC1CCC(O)CC1)c1ccc2c(c1)CCO2. The Bertz CT molecular complexity index is 452. The Morgan fingerprint density at radius 2 is 2.10 bits per heavy atom. The summed E-state index contributed by atoms with van der Waals surface area (Å²) in [5.74, 6) is 1.78. The first-order valence-electron chi connectivity index (χ1n) is 7.89. The average molecular weight is 275 g/mol. The number of rotatable bonds is 4. The maximum atomic E-state index is 9.54. The van der Waals surface area contributed by atoms with Gasteiger partial charge in [-0.1, -0.05) is 12.1 Å². The van der Waals surface area contributed by atoms with Gasteiger partial charge in [-0.2, -0.15) is 0 Å². The molecule has 0 bridgehead atoms. The second kappa shape index (κ2) is 6.15. The third-order valence-corrected chi connectivity index (χ3v) is 4.74. The van der Waals surface area contributed by atoms with Crippen LogP contribution in [-0.4, -0.2) is 24.4 Å². The van der Waals surface area contributed by atoms with Crippen LogP contribution in [0.3, 0.4) is 0 Å². The highest BCUT2D eigenvalue weighted by molar-refractivity contribution is 5.40. The Balaban J connectivity index is 1.52. The van der Waals surface area contributed by atoms with Gasteiger partial charge in [-0.15, -0.1) is 0 Å². The van der Waals surface area contributed by atoms with E-state index in [-0.39, 0.29) is 6.10 Å². The molecule has 2 N–H and O–H groups in total. The van der Waals surface area contributed by atoms with E-state index in [2.05, 4.69) is 30.4 Å². The third-order valence-electron chi connectivity index (χ3n) is 4.74. The molecule has 1 heterocycles. The lowest BCUT2D eigenvalue weighted by molar-refractivity contribution is 0.108. The van der Waals surface area contributed by atoms with Crippen molar-refractivity contribution in [2.75, 3.05) is 13.2 Å². The third kappa shape index (κ3) is 3.15. The monoisotopic (exact) mass is 275 g/mol. The first-order chi connectivity index (χ1) is 9.72. The van der Waals surface area contributed by atoms with Gasteiger partial charge in [-0.3, -0.25) is 0 Å². The van der Waals surface area contributed by atoms with Gasteiger partial charge in [-0.05, 0) is 62.3 Å². The van der Waals surface area contributed by atoms with Gasteiger partial charge in [0.2, 0.25) is 0 Å². The Morgan fingerprint density at radius 3 is 2.90 bits per heavy atom. The summed E-state index contributed by atoms with van der Waals surface area (Å²) in [6, 6.07) is 6.94. The lowest BCUT2D eigenvalue weighted by Crippen LogP contribution is -2.29. The first kappa shape index (κ1) is 13.9. The number of nitrogens with one attached hydrogen (secondary N) is 1. The number of benzene rings is 1. The molecule has 3 rings (SSSR count). The van der Waals surface area contributed by atoms with Gasteiger partial charge in [-0.25, -0.2) is 0 Å². The number of hydrogen-bond donors (Lipinski definition) is 2. The molecule has 0 saturated heterocycles. The molecule has 0 amide bonds. The number of aliphatic hydroxyl groups is 1. The highest BCUT2D eigenvalue weighted by atomic mass is 16.5. The topological polar surface area (TPSA) is 41.5 Å². The molecule has 1 atom stereocenters. The molecule has 1 aliphatic carbocycles. The van der Waals surface area contributed by atoms with Crippen molar-refractivity contribution in [3.8, 4) is 5.75 Å². The Morgan fingerprint density at radius 1 is 1.30 bits per heavy atom. The van der Waals surface area contributed by atoms with E-state index in [1.54, 1.807) is 0 Å². The number of fused-ring (bicyclic) bond motifs is 1. The summed E-state index contributed by atoms with van der Waals surface area (Å²) in [4.78, 5) is 0. The quantitative estimate of drug-likeness (QED) is 0.888. The van der Waals surface area contributed by atoms with Gasteiger partial charge < -0.3 is 15.2 Å². The molecule has 1 saturated carbocycles. The maximum Gasteiger partial charge on any atom is 0.122 e. The van der Waals surface area contributed by atoms with Crippen molar-refractivity contribution in [3.05, 3.63) is 29.3 Å². The molecule has 0 spiro atoms. The highest BCUT2D eigenvalue weighted by Gasteiger charge is 2.20. The fourth-order valence-corrected chi connectivity index (χ4v) is 3.29. The molecule has 1 aromatic carbocycles. The zero-order chi connectivity index (χ0) is 13.9. The predicted octanol–water partition coefficient (Wildman–Crippen LogP) is 2.82. The molecule has 1 aromatic rings. The molecule has 3 nitrogen and oxygen atoms in total. The molecule has 2 aliphatic rings. The van der Waals surface area contributed by atoms with Gasteiger partial charge in [0.1, 0.15) is 5.75 Å². The van der Waals surface area contributed by atoms with Crippen molar-refractivity contribution in [2.45, 2.75) is 51.2 Å².